The van der Waals surface area contributed by atoms with Gasteiger partial charge in [0.2, 0.25) is 0 Å². The summed E-state index contributed by atoms with van der Waals surface area (Å²) in [6, 6.07) is 8.64. The molecule has 0 amide bonds. The molecule has 0 radical (unpaired) electrons. The van der Waals surface area contributed by atoms with Crippen molar-refractivity contribution >= 4 is 0 Å². The molecule has 19 heavy (non-hydrogen) atoms. The summed E-state index contributed by atoms with van der Waals surface area (Å²) in [5.41, 5.74) is 6.01. The maximum atomic E-state index is 9.02. The van der Waals surface area contributed by atoms with Crippen molar-refractivity contribution in [1.29, 1.82) is 0 Å². The molecule has 0 bridgehead atoms. The Morgan fingerprint density at radius 2 is 1.95 bits per heavy atom. The summed E-state index contributed by atoms with van der Waals surface area (Å²) in [6.45, 7) is 2.06. The SMILES string of the molecule is Cc1cc(-c2ccc3c(c2)CCC3)nc(CCO)n1. The van der Waals surface area contributed by atoms with E-state index in [1.54, 1.807) is 0 Å². The Morgan fingerprint density at radius 1 is 1.11 bits per heavy atom. The lowest BCUT2D eigenvalue weighted by Crippen LogP contribution is -2.02. The molecule has 1 aliphatic carbocycles. The minimum Gasteiger partial charge on any atom is -0.396 e. The Kier molecular flexibility index (Phi) is 3.30. The van der Waals surface area contributed by atoms with Crippen molar-refractivity contribution in [1.82, 2.24) is 9.97 Å². The van der Waals surface area contributed by atoms with Crippen LogP contribution < -0.4 is 0 Å². The third-order valence-electron chi connectivity index (χ3n) is 3.63. The summed E-state index contributed by atoms with van der Waals surface area (Å²) in [4.78, 5) is 8.90. The van der Waals surface area contributed by atoms with Crippen LogP contribution in [0.15, 0.2) is 24.3 Å². The van der Waals surface area contributed by atoms with Crippen molar-refractivity contribution < 1.29 is 5.11 Å². The summed E-state index contributed by atoms with van der Waals surface area (Å²) in [5, 5.41) is 9.02. The number of hydrogen-bond donors (Lipinski definition) is 1. The predicted molar refractivity (Wildman–Crippen MR) is 75.0 cm³/mol. The number of aromatic nitrogens is 2. The fourth-order valence-electron chi connectivity index (χ4n) is 2.72. The molecule has 0 saturated carbocycles. The molecule has 3 heteroatoms. The summed E-state index contributed by atoms with van der Waals surface area (Å²) in [5.74, 6) is 0.720. The number of aliphatic hydroxyl groups excluding tert-OH is 1. The van der Waals surface area contributed by atoms with E-state index in [0.29, 0.717) is 6.42 Å². The van der Waals surface area contributed by atoms with Gasteiger partial charge in [-0.1, -0.05) is 12.1 Å². The molecule has 1 aromatic carbocycles. The van der Waals surface area contributed by atoms with Crippen molar-refractivity contribution in [2.24, 2.45) is 0 Å². The zero-order chi connectivity index (χ0) is 13.2. The van der Waals surface area contributed by atoms with Gasteiger partial charge in [0, 0.05) is 17.7 Å². The highest BCUT2D eigenvalue weighted by Crippen LogP contribution is 2.27. The van der Waals surface area contributed by atoms with E-state index in [-0.39, 0.29) is 6.61 Å². The van der Waals surface area contributed by atoms with Gasteiger partial charge in [-0.3, -0.25) is 0 Å². The second-order valence-corrected chi connectivity index (χ2v) is 5.12. The van der Waals surface area contributed by atoms with Crippen molar-refractivity contribution in [3.8, 4) is 11.3 Å². The van der Waals surface area contributed by atoms with Crippen molar-refractivity contribution in [2.75, 3.05) is 6.61 Å². The zero-order valence-corrected chi connectivity index (χ0v) is 11.2. The lowest BCUT2D eigenvalue weighted by molar-refractivity contribution is 0.296. The number of nitrogens with zero attached hydrogens (tertiary/aromatic N) is 2. The molecule has 1 aliphatic rings. The van der Waals surface area contributed by atoms with Crippen LogP contribution in [0.4, 0.5) is 0 Å². The number of hydrogen-bond acceptors (Lipinski definition) is 3. The van der Waals surface area contributed by atoms with Crippen LogP contribution >= 0.6 is 0 Å². The number of rotatable bonds is 3. The first-order valence-corrected chi connectivity index (χ1v) is 6.84. The average Bonchev–Trinajstić information content (AvgIpc) is 2.85. The molecule has 2 aromatic rings. The summed E-state index contributed by atoms with van der Waals surface area (Å²) in [6.07, 6.45) is 4.15. The van der Waals surface area contributed by atoms with E-state index in [4.69, 9.17) is 5.11 Å². The first-order valence-electron chi connectivity index (χ1n) is 6.84. The fraction of sp³-hybridized carbons (Fsp3) is 0.375. The molecule has 3 nitrogen and oxygen atoms in total. The van der Waals surface area contributed by atoms with E-state index < -0.39 is 0 Å². The molecule has 98 valence electrons. The molecule has 0 spiro atoms. The Labute approximate surface area is 113 Å². The van der Waals surface area contributed by atoms with Crippen LogP contribution in [0.5, 0.6) is 0 Å². The van der Waals surface area contributed by atoms with Crippen molar-refractivity contribution in [3.63, 3.8) is 0 Å². The smallest absolute Gasteiger partial charge is 0.131 e. The Balaban J connectivity index is 2.01. The van der Waals surface area contributed by atoms with Gasteiger partial charge in [-0.2, -0.15) is 0 Å². The molecule has 1 heterocycles. The van der Waals surface area contributed by atoms with Crippen LogP contribution in [0.3, 0.4) is 0 Å². The molecule has 0 unspecified atom stereocenters. The zero-order valence-electron chi connectivity index (χ0n) is 11.2. The van der Waals surface area contributed by atoms with Crippen LogP contribution in [-0.2, 0) is 19.3 Å². The predicted octanol–water partition coefficient (Wildman–Crippen LogP) is 2.48. The largest absolute Gasteiger partial charge is 0.396 e. The van der Waals surface area contributed by atoms with E-state index in [1.165, 1.54) is 30.4 Å². The highest BCUT2D eigenvalue weighted by atomic mass is 16.3. The topological polar surface area (TPSA) is 46.0 Å². The van der Waals surface area contributed by atoms with E-state index in [2.05, 4.69) is 28.2 Å². The van der Waals surface area contributed by atoms with Gasteiger partial charge in [-0.25, -0.2) is 9.97 Å². The third-order valence-corrected chi connectivity index (χ3v) is 3.63. The van der Waals surface area contributed by atoms with E-state index >= 15 is 0 Å². The van der Waals surface area contributed by atoms with E-state index in [9.17, 15) is 0 Å². The second kappa shape index (κ2) is 5.10. The molecule has 0 atom stereocenters. The minimum atomic E-state index is 0.0904. The van der Waals surface area contributed by atoms with Gasteiger partial charge in [-0.15, -0.1) is 0 Å². The number of fused-ring (bicyclic) bond motifs is 1. The molecule has 1 N–H and O–H groups in total. The quantitative estimate of drug-likeness (QED) is 0.915. The maximum Gasteiger partial charge on any atom is 0.131 e. The Hall–Kier alpha value is -1.74. The standard InChI is InChI=1S/C16H18N2O/c1-11-9-15(18-16(17-11)7-8-19)14-6-5-12-3-2-4-13(12)10-14/h5-6,9-10,19H,2-4,7-8H2,1H3. The summed E-state index contributed by atoms with van der Waals surface area (Å²) < 4.78 is 0. The maximum absolute atomic E-state index is 9.02. The lowest BCUT2D eigenvalue weighted by Gasteiger charge is -2.07. The van der Waals surface area contributed by atoms with Gasteiger partial charge in [0.05, 0.1) is 12.3 Å². The molecular formula is C16H18N2O. The average molecular weight is 254 g/mol. The van der Waals surface area contributed by atoms with Crippen molar-refractivity contribution in [2.45, 2.75) is 32.6 Å². The van der Waals surface area contributed by atoms with Crippen LogP contribution in [0.2, 0.25) is 0 Å². The highest BCUT2D eigenvalue weighted by Gasteiger charge is 2.12. The Bertz CT molecular complexity index is 608. The molecule has 0 aliphatic heterocycles. The van der Waals surface area contributed by atoms with Crippen LogP contribution in [-0.4, -0.2) is 21.7 Å². The monoisotopic (exact) mass is 254 g/mol. The van der Waals surface area contributed by atoms with E-state index in [1.807, 2.05) is 13.0 Å². The molecule has 0 fully saturated rings. The molecule has 0 saturated heterocycles. The Morgan fingerprint density at radius 3 is 2.79 bits per heavy atom. The van der Waals surface area contributed by atoms with Gasteiger partial charge in [-0.05, 0) is 49.4 Å². The molecular weight excluding hydrogens is 236 g/mol. The molecule has 3 rings (SSSR count). The number of aryl methyl sites for hydroxylation is 3. The van der Waals surface area contributed by atoms with Gasteiger partial charge in [0.25, 0.3) is 0 Å². The summed E-state index contributed by atoms with van der Waals surface area (Å²) >= 11 is 0. The lowest BCUT2D eigenvalue weighted by atomic mass is 10.0. The number of aliphatic hydroxyl groups is 1. The fourth-order valence-corrected chi connectivity index (χ4v) is 2.72. The van der Waals surface area contributed by atoms with Gasteiger partial charge in [0.15, 0.2) is 0 Å². The normalized spacial score (nSPS) is 13.6. The minimum absolute atomic E-state index is 0.0904. The van der Waals surface area contributed by atoms with Gasteiger partial charge >= 0.3 is 0 Å². The van der Waals surface area contributed by atoms with Crippen molar-refractivity contribution in [3.05, 3.63) is 46.9 Å². The van der Waals surface area contributed by atoms with Crippen LogP contribution in [0, 0.1) is 6.92 Å². The first-order chi connectivity index (χ1) is 9.26. The second-order valence-electron chi connectivity index (χ2n) is 5.12. The van der Waals surface area contributed by atoms with Gasteiger partial charge in [0.1, 0.15) is 5.82 Å². The van der Waals surface area contributed by atoms with Crippen LogP contribution in [0.25, 0.3) is 11.3 Å². The third kappa shape index (κ3) is 2.51. The number of benzene rings is 1. The molecule has 1 aromatic heterocycles. The summed E-state index contributed by atoms with van der Waals surface area (Å²) in [7, 11) is 0. The van der Waals surface area contributed by atoms with E-state index in [0.717, 1.165) is 22.8 Å². The van der Waals surface area contributed by atoms with Gasteiger partial charge < -0.3 is 5.11 Å². The first kappa shape index (κ1) is 12.3. The highest BCUT2D eigenvalue weighted by molar-refractivity contribution is 5.62. The van der Waals surface area contributed by atoms with Crippen LogP contribution in [0.1, 0.15) is 29.1 Å².